The fourth-order valence-corrected chi connectivity index (χ4v) is 3.55. The molecular formula is C22H22N2O2S. The van der Waals surface area contributed by atoms with E-state index in [1.165, 1.54) is 11.3 Å². The highest BCUT2D eigenvalue weighted by Crippen LogP contribution is 2.24. The molecule has 1 atom stereocenters. The number of amides is 2. The lowest BCUT2D eigenvalue weighted by Crippen LogP contribution is -2.21. The Bertz CT molecular complexity index is 892. The van der Waals surface area contributed by atoms with Crippen LogP contribution in [0.5, 0.6) is 0 Å². The molecule has 0 bridgehead atoms. The summed E-state index contributed by atoms with van der Waals surface area (Å²) in [6, 6.07) is 20.7. The summed E-state index contributed by atoms with van der Waals surface area (Å²) in [4.78, 5) is 25.7. The number of hydrogen-bond donors (Lipinski definition) is 2. The fraction of sp³-hybridized carbons (Fsp3) is 0.182. The molecule has 0 fully saturated rings. The molecule has 1 unspecified atom stereocenters. The lowest BCUT2D eigenvalue weighted by Gasteiger charge is -2.17. The van der Waals surface area contributed by atoms with Crippen molar-refractivity contribution in [1.29, 1.82) is 0 Å². The summed E-state index contributed by atoms with van der Waals surface area (Å²) in [6.45, 7) is 2.07. The summed E-state index contributed by atoms with van der Waals surface area (Å²) in [5.41, 5.74) is 2.33. The maximum Gasteiger partial charge on any atom is 0.265 e. The van der Waals surface area contributed by atoms with E-state index in [1.54, 1.807) is 12.1 Å². The zero-order chi connectivity index (χ0) is 19.1. The Morgan fingerprint density at radius 1 is 0.926 bits per heavy atom. The van der Waals surface area contributed by atoms with E-state index in [9.17, 15) is 9.59 Å². The molecular weight excluding hydrogens is 356 g/mol. The van der Waals surface area contributed by atoms with Crippen molar-refractivity contribution in [2.24, 2.45) is 0 Å². The number of thiophene rings is 1. The Morgan fingerprint density at radius 3 is 2.33 bits per heavy atom. The topological polar surface area (TPSA) is 58.2 Å². The van der Waals surface area contributed by atoms with Gasteiger partial charge in [-0.15, -0.1) is 11.3 Å². The van der Waals surface area contributed by atoms with Crippen LogP contribution in [0.25, 0.3) is 0 Å². The number of nitrogens with one attached hydrogen (secondary N) is 2. The first-order valence-electron chi connectivity index (χ1n) is 8.98. The van der Waals surface area contributed by atoms with Crippen molar-refractivity contribution in [1.82, 2.24) is 0 Å². The predicted molar refractivity (Wildman–Crippen MR) is 111 cm³/mol. The number of anilines is 2. The third kappa shape index (κ3) is 5.05. The zero-order valence-electron chi connectivity index (χ0n) is 15.1. The third-order valence-electron chi connectivity index (χ3n) is 4.23. The van der Waals surface area contributed by atoms with Crippen LogP contribution in [0, 0.1) is 0 Å². The SMILES string of the molecule is CCCC(C(=O)Nc1cccc(NC(=O)c2cccs2)c1)c1ccccc1. The molecule has 2 N–H and O–H groups in total. The van der Waals surface area contributed by atoms with Crippen molar-refractivity contribution in [3.63, 3.8) is 0 Å². The van der Waals surface area contributed by atoms with Crippen LogP contribution in [-0.4, -0.2) is 11.8 Å². The van der Waals surface area contributed by atoms with Gasteiger partial charge in [0.15, 0.2) is 0 Å². The lowest BCUT2D eigenvalue weighted by molar-refractivity contribution is -0.117. The number of carbonyl (C=O) groups excluding carboxylic acids is 2. The van der Waals surface area contributed by atoms with Crippen LogP contribution in [0.2, 0.25) is 0 Å². The van der Waals surface area contributed by atoms with Gasteiger partial charge in [-0.2, -0.15) is 0 Å². The van der Waals surface area contributed by atoms with Gasteiger partial charge < -0.3 is 10.6 Å². The van der Waals surface area contributed by atoms with Gasteiger partial charge in [0, 0.05) is 11.4 Å². The Labute approximate surface area is 163 Å². The van der Waals surface area contributed by atoms with E-state index < -0.39 is 0 Å². The summed E-state index contributed by atoms with van der Waals surface area (Å²) in [5.74, 6) is -0.382. The summed E-state index contributed by atoms with van der Waals surface area (Å²) in [6.07, 6.45) is 1.70. The highest BCUT2D eigenvalue weighted by molar-refractivity contribution is 7.12. The van der Waals surface area contributed by atoms with Crippen molar-refractivity contribution in [2.45, 2.75) is 25.7 Å². The van der Waals surface area contributed by atoms with E-state index >= 15 is 0 Å². The van der Waals surface area contributed by atoms with E-state index in [4.69, 9.17) is 0 Å². The maximum atomic E-state index is 12.8. The molecule has 3 rings (SSSR count). The summed E-state index contributed by atoms with van der Waals surface area (Å²) < 4.78 is 0. The minimum atomic E-state index is -0.194. The molecule has 0 saturated heterocycles. The van der Waals surface area contributed by atoms with Gasteiger partial charge in [-0.1, -0.05) is 55.8 Å². The average Bonchev–Trinajstić information content (AvgIpc) is 3.22. The minimum Gasteiger partial charge on any atom is -0.325 e. The minimum absolute atomic E-state index is 0.0372. The van der Waals surface area contributed by atoms with Gasteiger partial charge in [-0.05, 0) is 41.6 Å². The molecule has 0 aliphatic rings. The molecule has 0 aliphatic heterocycles. The van der Waals surface area contributed by atoms with E-state index in [2.05, 4.69) is 17.6 Å². The first kappa shape index (κ1) is 18.9. The molecule has 0 aliphatic carbocycles. The van der Waals surface area contributed by atoms with Crippen molar-refractivity contribution in [3.05, 3.63) is 82.6 Å². The summed E-state index contributed by atoms with van der Waals surface area (Å²) >= 11 is 1.39. The summed E-state index contributed by atoms with van der Waals surface area (Å²) in [5, 5.41) is 7.71. The number of rotatable bonds is 7. The second-order valence-corrected chi connectivity index (χ2v) is 7.20. The monoisotopic (exact) mass is 378 g/mol. The second kappa shape index (κ2) is 9.14. The molecule has 27 heavy (non-hydrogen) atoms. The molecule has 2 aromatic carbocycles. The van der Waals surface area contributed by atoms with Gasteiger partial charge in [0.05, 0.1) is 10.8 Å². The molecule has 1 aromatic heterocycles. The van der Waals surface area contributed by atoms with Crippen LogP contribution >= 0.6 is 11.3 Å². The molecule has 4 nitrogen and oxygen atoms in total. The van der Waals surface area contributed by atoms with Crippen molar-refractivity contribution in [3.8, 4) is 0 Å². The molecule has 0 radical (unpaired) electrons. The normalized spacial score (nSPS) is 11.6. The molecule has 2 amide bonds. The van der Waals surface area contributed by atoms with E-state index in [0.717, 1.165) is 18.4 Å². The summed E-state index contributed by atoms with van der Waals surface area (Å²) in [7, 11) is 0. The molecule has 138 valence electrons. The van der Waals surface area contributed by atoms with Crippen LogP contribution in [-0.2, 0) is 4.79 Å². The first-order valence-corrected chi connectivity index (χ1v) is 9.86. The molecule has 3 aromatic rings. The van der Waals surface area contributed by atoms with Crippen LogP contribution in [0.15, 0.2) is 72.1 Å². The number of hydrogen-bond acceptors (Lipinski definition) is 3. The van der Waals surface area contributed by atoms with Crippen molar-refractivity contribution < 1.29 is 9.59 Å². The number of benzene rings is 2. The predicted octanol–water partition coefficient (Wildman–Crippen LogP) is 5.52. The average molecular weight is 378 g/mol. The fourth-order valence-electron chi connectivity index (χ4n) is 2.93. The molecule has 0 spiro atoms. The van der Waals surface area contributed by atoms with Crippen LogP contribution in [0.3, 0.4) is 0 Å². The Balaban J connectivity index is 1.71. The van der Waals surface area contributed by atoms with Crippen LogP contribution in [0.4, 0.5) is 11.4 Å². The van der Waals surface area contributed by atoms with Crippen molar-refractivity contribution >= 4 is 34.5 Å². The zero-order valence-corrected chi connectivity index (χ0v) is 16.0. The highest BCUT2D eigenvalue weighted by Gasteiger charge is 2.19. The van der Waals surface area contributed by atoms with Crippen LogP contribution in [0.1, 0.15) is 40.9 Å². The Morgan fingerprint density at radius 2 is 1.67 bits per heavy atom. The molecule has 5 heteroatoms. The first-order chi connectivity index (χ1) is 13.2. The van der Waals surface area contributed by atoms with Gasteiger partial charge >= 0.3 is 0 Å². The van der Waals surface area contributed by atoms with Crippen molar-refractivity contribution in [2.75, 3.05) is 10.6 Å². The van der Waals surface area contributed by atoms with Gasteiger partial charge in [0.2, 0.25) is 5.91 Å². The number of carbonyl (C=O) groups is 2. The lowest BCUT2D eigenvalue weighted by atomic mass is 9.93. The quantitative estimate of drug-likeness (QED) is 0.568. The molecule has 1 heterocycles. The van der Waals surface area contributed by atoms with Gasteiger partial charge in [-0.3, -0.25) is 9.59 Å². The maximum absolute atomic E-state index is 12.8. The second-order valence-electron chi connectivity index (χ2n) is 6.25. The Hall–Kier alpha value is -2.92. The highest BCUT2D eigenvalue weighted by atomic mass is 32.1. The third-order valence-corrected chi connectivity index (χ3v) is 5.10. The molecule has 0 saturated carbocycles. The largest absolute Gasteiger partial charge is 0.325 e. The van der Waals surface area contributed by atoms with E-state index in [0.29, 0.717) is 16.3 Å². The smallest absolute Gasteiger partial charge is 0.265 e. The van der Waals surface area contributed by atoms with Gasteiger partial charge in [-0.25, -0.2) is 0 Å². The van der Waals surface area contributed by atoms with E-state index in [1.807, 2.05) is 60.0 Å². The van der Waals surface area contributed by atoms with Gasteiger partial charge in [0.1, 0.15) is 0 Å². The Kier molecular flexibility index (Phi) is 6.39. The van der Waals surface area contributed by atoms with Gasteiger partial charge in [0.25, 0.3) is 5.91 Å². The standard InChI is InChI=1S/C22H22N2O2S/c1-2-8-19(16-9-4-3-5-10-16)21(25)23-17-11-6-12-18(15-17)24-22(26)20-13-7-14-27-20/h3-7,9-15,19H,2,8H2,1H3,(H,23,25)(H,24,26). The van der Waals surface area contributed by atoms with E-state index in [-0.39, 0.29) is 17.7 Å². The van der Waals surface area contributed by atoms with Crippen LogP contribution < -0.4 is 10.6 Å².